The van der Waals surface area contributed by atoms with Gasteiger partial charge in [0.25, 0.3) is 5.56 Å². The van der Waals surface area contributed by atoms with Crippen molar-refractivity contribution in [3.05, 3.63) is 62.9 Å². The highest BCUT2D eigenvalue weighted by atomic mass is 35.5. The van der Waals surface area contributed by atoms with Crippen LogP contribution in [0.3, 0.4) is 0 Å². The molecule has 0 saturated heterocycles. The largest absolute Gasteiger partial charge is 0.382 e. The summed E-state index contributed by atoms with van der Waals surface area (Å²) in [6.45, 7) is 5.30. The molecular weight excluding hydrogens is 457 g/mol. The van der Waals surface area contributed by atoms with E-state index in [0.717, 1.165) is 0 Å². The molecule has 3 rings (SSSR count). The van der Waals surface area contributed by atoms with E-state index in [1.807, 2.05) is 19.1 Å². The van der Waals surface area contributed by atoms with Crippen LogP contribution in [0.2, 0.25) is 10.0 Å². The predicted molar refractivity (Wildman–Crippen MR) is 128 cm³/mol. The standard InChI is InChI=1S/C22H23Cl2N3O3S/c1-3-30-13-7-12-27-21(29)15-8-4-5-10-17(15)26-22(27)31-14(2)20(28)25-18-11-6-9-16(23)19(18)24/h4-6,8-11,14H,3,7,12-13H2,1-2H3,(H,25,28). The Morgan fingerprint density at radius 1 is 1.23 bits per heavy atom. The van der Waals surface area contributed by atoms with Crippen LogP contribution in [0.15, 0.2) is 52.4 Å². The number of para-hydroxylation sites is 1. The first-order valence-corrected chi connectivity index (χ1v) is 11.5. The molecule has 0 bridgehead atoms. The fraction of sp³-hybridized carbons (Fsp3) is 0.318. The number of fused-ring (bicyclic) bond motifs is 1. The zero-order valence-electron chi connectivity index (χ0n) is 17.2. The van der Waals surface area contributed by atoms with Crippen molar-refractivity contribution in [1.29, 1.82) is 0 Å². The number of nitrogens with one attached hydrogen (secondary N) is 1. The van der Waals surface area contributed by atoms with E-state index in [4.69, 9.17) is 27.9 Å². The van der Waals surface area contributed by atoms with Crippen LogP contribution >= 0.6 is 35.0 Å². The first-order chi connectivity index (χ1) is 14.9. The summed E-state index contributed by atoms with van der Waals surface area (Å²) in [6.07, 6.45) is 0.667. The van der Waals surface area contributed by atoms with Crippen LogP contribution in [0.1, 0.15) is 20.3 Å². The second kappa shape index (κ2) is 11.0. The summed E-state index contributed by atoms with van der Waals surface area (Å²) >= 11 is 13.4. The Hall–Kier alpha value is -2.06. The molecule has 1 unspecified atom stereocenters. The molecule has 31 heavy (non-hydrogen) atoms. The number of ether oxygens (including phenoxy) is 1. The SMILES string of the molecule is CCOCCCn1c(SC(C)C(=O)Nc2cccc(Cl)c2Cl)nc2ccccc2c1=O. The van der Waals surface area contributed by atoms with Gasteiger partial charge in [0.1, 0.15) is 0 Å². The first-order valence-electron chi connectivity index (χ1n) is 9.91. The van der Waals surface area contributed by atoms with Crippen molar-refractivity contribution in [3.8, 4) is 0 Å². The summed E-state index contributed by atoms with van der Waals surface area (Å²) in [5, 5.41) is 3.94. The molecule has 9 heteroatoms. The molecule has 0 spiro atoms. The molecule has 1 atom stereocenters. The zero-order valence-corrected chi connectivity index (χ0v) is 19.6. The number of carbonyl (C=O) groups is 1. The number of nitrogens with zero attached hydrogens (tertiary/aromatic N) is 2. The Labute approximate surface area is 194 Å². The van der Waals surface area contributed by atoms with E-state index in [9.17, 15) is 9.59 Å². The molecule has 1 aromatic heterocycles. The molecule has 1 heterocycles. The molecule has 164 valence electrons. The zero-order chi connectivity index (χ0) is 22.4. The number of hydrogen-bond acceptors (Lipinski definition) is 5. The van der Waals surface area contributed by atoms with E-state index in [1.54, 1.807) is 41.8 Å². The fourth-order valence-electron chi connectivity index (χ4n) is 2.95. The van der Waals surface area contributed by atoms with Gasteiger partial charge in [0, 0.05) is 19.8 Å². The topological polar surface area (TPSA) is 73.2 Å². The van der Waals surface area contributed by atoms with Gasteiger partial charge in [-0.1, -0.05) is 53.2 Å². The minimum Gasteiger partial charge on any atom is -0.382 e. The lowest BCUT2D eigenvalue weighted by Gasteiger charge is -2.17. The normalized spacial score (nSPS) is 12.1. The van der Waals surface area contributed by atoms with Crippen LogP contribution in [0.4, 0.5) is 5.69 Å². The van der Waals surface area contributed by atoms with Crippen LogP contribution in [0.5, 0.6) is 0 Å². The molecule has 0 saturated carbocycles. The van der Waals surface area contributed by atoms with Crippen LogP contribution in [-0.2, 0) is 16.1 Å². The highest BCUT2D eigenvalue weighted by Crippen LogP contribution is 2.30. The van der Waals surface area contributed by atoms with Crippen molar-refractivity contribution in [2.45, 2.75) is 37.2 Å². The summed E-state index contributed by atoms with van der Waals surface area (Å²) in [5.41, 5.74) is 0.906. The van der Waals surface area contributed by atoms with Crippen LogP contribution in [0, 0.1) is 0 Å². The summed E-state index contributed by atoms with van der Waals surface area (Å²) in [7, 11) is 0. The Morgan fingerprint density at radius 2 is 2.00 bits per heavy atom. The quantitative estimate of drug-likeness (QED) is 0.257. The Morgan fingerprint density at radius 3 is 2.77 bits per heavy atom. The number of anilines is 1. The second-order valence-corrected chi connectivity index (χ2v) is 8.86. The van der Waals surface area contributed by atoms with E-state index in [2.05, 4.69) is 10.3 Å². The van der Waals surface area contributed by atoms with E-state index in [1.165, 1.54) is 11.8 Å². The maximum Gasteiger partial charge on any atom is 0.262 e. The summed E-state index contributed by atoms with van der Waals surface area (Å²) in [6, 6.07) is 12.2. The number of benzene rings is 2. The van der Waals surface area contributed by atoms with Gasteiger partial charge in [0.15, 0.2) is 5.16 Å². The van der Waals surface area contributed by atoms with E-state index in [0.29, 0.717) is 52.9 Å². The Balaban J connectivity index is 1.85. The van der Waals surface area contributed by atoms with Crippen molar-refractivity contribution in [1.82, 2.24) is 9.55 Å². The maximum atomic E-state index is 13.1. The number of thioether (sulfide) groups is 1. The number of hydrogen-bond donors (Lipinski definition) is 1. The lowest BCUT2D eigenvalue weighted by molar-refractivity contribution is -0.115. The molecule has 3 aromatic rings. The van der Waals surface area contributed by atoms with Crippen molar-refractivity contribution < 1.29 is 9.53 Å². The number of aromatic nitrogens is 2. The third-order valence-corrected chi connectivity index (χ3v) is 6.47. The number of amides is 1. The molecule has 0 aliphatic heterocycles. The molecule has 6 nitrogen and oxygen atoms in total. The molecule has 0 fully saturated rings. The third kappa shape index (κ3) is 5.80. The van der Waals surface area contributed by atoms with Gasteiger partial charge in [-0.05, 0) is 44.5 Å². The molecule has 2 aromatic carbocycles. The van der Waals surface area contributed by atoms with Gasteiger partial charge in [-0.3, -0.25) is 14.2 Å². The smallest absolute Gasteiger partial charge is 0.262 e. The van der Waals surface area contributed by atoms with E-state index < -0.39 is 5.25 Å². The molecule has 0 aliphatic rings. The van der Waals surface area contributed by atoms with Crippen LogP contribution in [0.25, 0.3) is 10.9 Å². The van der Waals surface area contributed by atoms with Crippen molar-refractivity contribution in [2.75, 3.05) is 18.5 Å². The molecule has 0 radical (unpaired) electrons. The molecule has 1 amide bonds. The number of halogens is 2. The average Bonchev–Trinajstić information content (AvgIpc) is 2.76. The second-order valence-electron chi connectivity index (χ2n) is 6.77. The molecule has 0 aliphatic carbocycles. The first kappa shape index (κ1) is 23.6. The lowest BCUT2D eigenvalue weighted by atomic mass is 10.2. The summed E-state index contributed by atoms with van der Waals surface area (Å²) < 4.78 is 7.01. The summed E-state index contributed by atoms with van der Waals surface area (Å²) in [4.78, 5) is 30.5. The fourth-order valence-corrected chi connectivity index (χ4v) is 4.23. The Kier molecular flexibility index (Phi) is 8.37. The van der Waals surface area contributed by atoms with Gasteiger partial charge in [0.2, 0.25) is 5.91 Å². The lowest BCUT2D eigenvalue weighted by Crippen LogP contribution is -2.27. The monoisotopic (exact) mass is 479 g/mol. The minimum absolute atomic E-state index is 0.130. The van der Waals surface area contributed by atoms with Gasteiger partial charge in [-0.15, -0.1) is 0 Å². The third-order valence-electron chi connectivity index (χ3n) is 4.56. The van der Waals surface area contributed by atoms with E-state index in [-0.39, 0.29) is 16.5 Å². The number of rotatable bonds is 9. The van der Waals surface area contributed by atoms with Gasteiger partial charge >= 0.3 is 0 Å². The summed E-state index contributed by atoms with van der Waals surface area (Å²) in [5.74, 6) is -0.266. The number of carbonyl (C=O) groups excluding carboxylic acids is 1. The maximum absolute atomic E-state index is 13.1. The van der Waals surface area contributed by atoms with Crippen molar-refractivity contribution >= 4 is 57.5 Å². The minimum atomic E-state index is -0.527. The Bertz CT molecular complexity index is 1140. The highest BCUT2D eigenvalue weighted by molar-refractivity contribution is 8.00. The highest BCUT2D eigenvalue weighted by Gasteiger charge is 2.20. The van der Waals surface area contributed by atoms with E-state index >= 15 is 0 Å². The van der Waals surface area contributed by atoms with Gasteiger partial charge in [0.05, 0.1) is 31.9 Å². The van der Waals surface area contributed by atoms with Crippen LogP contribution < -0.4 is 10.9 Å². The van der Waals surface area contributed by atoms with Gasteiger partial charge < -0.3 is 10.1 Å². The van der Waals surface area contributed by atoms with Crippen molar-refractivity contribution in [3.63, 3.8) is 0 Å². The molecule has 1 N–H and O–H groups in total. The predicted octanol–water partition coefficient (Wildman–Crippen LogP) is 5.25. The van der Waals surface area contributed by atoms with Crippen molar-refractivity contribution in [2.24, 2.45) is 0 Å². The average molecular weight is 480 g/mol. The van der Waals surface area contributed by atoms with Gasteiger partial charge in [-0.2, -0.15) is 0 Å². The molecular formula is C22H23Cl2N3O3S. The van der Waals surface area contributed by atoms with Gasteiger partial charge in [-0.25, -0.2) is 4.98 Å². The van der Waals surface area contributed by atoms with Crippen LogP contribution in [-0.4, -0.2) is 33.9 Å².